The molecule has 1 unspecified atom stereocenters. The number of nitrogens with zero attached hydrogens (tertiary/aromatic N) is 8. The van der Waals surface area contributed by atoms with Gasteiger partial charge in [-0.05, 0) is 68.6 Å². The van der Waals surface area contributed by atoms with Gasteiger partial charge in [-0.3, -0.25) is 43.3 Å². The molecule has 30 heteroatoms. The van der Waals surface area contributed by atoms with Crippen molar-refractivity contribution in [3.05, 3.63) is 111 Å². The Labute approximate surface area is 546 Å². The number of amides is 5. The Bertz CT molecular complexity index is 4000. The van der Waals surface area contributed by atoms with Gasteiger partial charge in [0, 0.05) is 77.8 Å². The fourth-order valence-corrected chi connectivity index (χ4v) is 16.3. The van der Waals surface area contributed by atoms with E-state index in [4.69, 9.17) is 39.6 Å². The monoisotopic (exact) mass is 1350 g/mol. The maximum Gasteiger partial charge on any atom is 0.306 e. The fraction of sp³-hybridized carbons (Fsp3) is 0.393. The number of hydrogen-bond acceptors (Lipinski definition) is 23. The SMILES string of the molecule is CNC(=O)C[C@@H]1NC(=O)c2csc(n2)-c2ccc(-c3nc(N(CCCC(=O)O)C(=O)CC4CCC(C(=O)O)CC4)cs3)nc2-c2csc(n2)-c2csc(n2)[C@H]([C@@H](O)c2ccccc2)NC(=O)CNC(=O)c2nc(sc2COC)C(C(C)C)CC(=O)c2nc1sc2C. The lowest BCUT2D eigenvalue weighted by atomic mass is 9.80. The molecule has 2 aliphatic rings. The van der Waals surface area contributed by atoms with Gasteiger partial charge < -0.3 is 41.3 Å². The Balaban J connectivity index is 1.04. The maximum atomic E-state index is 14.4. The maximum absolute atomic E-state index is 14.4. The zero-order valence-electron chi connectivity index (χ0n) is 49.9. The van der Waals surface area contributed by atoms with Gasteiger partial charge in [0.05, 0.1) is 47.1 Å². The zero-order valence-corrected chi connectivity index (χ0v) is 54.8. The summed E-state index contributed by atoms with van der Waals surface area (Å²) in [6, 6.07) is 10.1. The molecule has 5 amide bonds. The number of aromatic nitrogens is 7. The number of carboxylic acids is 2. The number of aryl methyl sites for hydroxylation is 1. The largest absolute Gasteiger partial charge is 0.481 e. The smallest absolute Gasteiger partial charge is 0.306 e. The average molecular weight is 1350 g/mol. The van der Waals surface area contributed by atoms with Crippen LogP contribution in [0.4, 0.5) is 5.82 Å². The van der Waals surface area contributed by atoms with Crippen LogP contribution in [0.15, 0.2) is 64.0 Å². The van der Waals surface area contributed by atoms with Crippen LogP contribution in [0.25, 0.3) is 43.4 Å². The number of aliphatic carboxylic acids is 2. The summed E-state index contributed by atoms with van der Waals surface area (Å²) in [5, 5.41) is 51.3. The summed E-state index contributed by atoms with van der Waals surface area (Å²) in [5.74, 6) is -5.62. The molecule has 1 fully saturated rings. The lowest BCUT2D eigenvalue weighted by Crippen LogP contribution is -2.40. The summed E-state index contributed by atoms with van der Waals surface area (Å²) in [4.78, 5) is 144. The third kappa shape index (κ3) is 15.7. The Kier molecular flexibility index (Phi) is 21.4. The Morgan fingerprint density at radius 1 is 0.725 bits per heavy atom. The van der Waals surface area contributed by atoms with E-state index >= 15 is 0 Å². The first-order valence-electron chi connectivity index (χ1n) is 29.2. The highest BCUT2D eigenvalue weighted by atomic mass is 32.1. The number of ether oxygens (including phenoxy) is 1. The van der Waals surface area contributed by atoms with Crippen LogP contribution in [0, 0.1) is 24.7 Å². The van der Waals surface area contributed by atoms with Gasteiger partial charge in [0.25, 0.3) is 11.8 Å². The van der Waals surface area contributed by atoms with Gasteiger partial charge in [-0.15, -0.1) is 68.0 Å². The number of Topliss-reactive ketones (excluding diaryl/α,β-unsaturated/α-hetero) is 1. The molecule has 8 heterocycles. The molecule has 24 nitrogen and oxygen atoms in total. The molecule has 10 bridgehead atoms. The van der Waals surface area contributed by atoms with Crippen LogP contribution >= 0.6 is 68.0 Å². The van der Waals surface area contributed by atoms with E-state index in [2.05, 4.69) is 21.3 Å². The van der Waals surface area contributed by atoms with Gasteiger partial charge in [0.15, 0.2) is 5.78 Å². The minimum Gasteiger partial charge on any atom is -0.481 e. The highest BCUT2D eigenvalue weighted by molar-refractivity contribution is 7.15. The van der Waals surface area contributed by atoms with Gasteiger partial charge in [0.2, 0.25) is 17.7 Å². The molecule has 1 aliphatic heterocycles. The molecular weight excluding hydrogens is 1290 g/mol. The van der Waals surface area contributed by atoms with Crippen molar-refractivity contribution in [2.75, 3.05) is 32.1 Å². The number of thiazole rings is 6. The number of ketones is 1. The van der Waals surface area contributed by atoms with Crippen molar-refractivity contribution >= 4 is 121 Å². The Morgan fingerprint density at radius 3 is 2.15 bits per heavy atom. The van der Waals surface area contributed by atoms with E-state index in [1.165, 1.54) is 75.7 Å². The number of nitrogens with one attached hydrogen (secondary N) is 4. The Morgan fingerprint density at radius 2 is 1.43 bits per heavy atom. The molecule has 7 aromatic heterocycles. The minimum absolute atomic E-state index is 0.00930. The first-order valence-corrected chi connectivity index (χ1v) is 34.3. The third-order valence-electron chi connectivity index (χ3n) is 15.6. The normalized spacial score (nSPS) is 18.6. The molecule has 91 heavy (non-hydrogen) atoms. The number of aliphatic hydroxyl groups excluding tert-OH is 1. The van der Waals surface area contributed by atoms with Crippen LogP contribution in [0.3, 0.4) is 0 Å². The van der Waals surface area contributed by atoms with Crippen LogP contribution in [0.1, 0.15) is 158 Å². The molecule has 0 spiro atoms. The van der Waals surface area contributed by atoms with Crippen molar-refractivity contribution in [2.24, 2.45) is 17.8 Å². The molecule has 1 aromatic carbocycles. The number of fused-ring (bicyclic) bond motifs is 14. The van der Waals surface area contributed by atoms with Gasteiger partial charge in [-0.25, -0.2) is 34.9 Å². The Hall–Kier alpha value is -7.97. The molecule has 7 N–H and O–H groups in total. The number of carboxylic acid groups (broad SMARTS) is 2. The summed E-state index contributed by atoms with van der Waals surface area (Å²) in [5.41, 5.74) is 2.63. The van der Waals surface area contributed by atoms with E-state index < -0.39 is 72.1 Å². The second-order valence-electron chi connectivity index (χ2n) is 22.2. The summed E-state index contributed by atoms with van der Waals surface area (Å²) >= 11 is 7.18. The quantitative estimate of drug-likeness (QED) is 0.0473. The van der Waals surface area contributed by atoms with E-state index in [1.54, 1.807) is 70.9 Å². The highest BCUT2D eigenvalue weighted by Gasteiger charge is 2.35. The molecule has 0 saturated heterocycles. The molecular formula is C61H64N12O12S6. The molecule has 1 aliphatic carbocycles. The lowest BCUT2D eigenvalue weighted by Gasteiger charge is -2.28. The van der Waals surface area contributed by atoms with Gasteiger partial charge in [-0.1, -0.05) is 44.2 Å². The highest BCUT2D eigenvalue weighted by Crippen LogP contribution is 2.42. The predicted octanol–water partition coefficient (Wildman–Crippen LogP) is 9.68. The summed E-state index contributed by atoms with van der Waals surface area (Å²) < 4.78 is 5.48. The molecule has 10 rings (SSSR count). The van der Waals surface area contributed by atoms with Crippen molar-refractivity contribution in [1.82, 2.24) is 56.2 Å². The van der Waals surface area contributed by atoms with E-state index in [0.717, 1.165) is 11.3 Å². The van der Waals surface area contributed by atoms with E-state index in [1.807, 2.05) is 13.8 Å². The number of methoxy groups -OCH3 is 1. The van der Waals surface area contributed by atoms with Crippen LogP contribution in [-0.2, 0) is 35.3 Å². The minimum atomic E-state index is -1.30. The van der Waals surface area contributed by atoms with Crippen molar-refractivity contribution in [3.8, 4) is 43.4 Å². The molecule has 1 saturated carbocycles. The van der Waals surface area contributed by atoms with Crippen LogP contribution in [-0.4, -0.2) is 125 Å². The first kappa shape index (κ1) is 66.0. The van der Waals surface area contributed by atoms with Gasteiger partial charge >= 0.3 is 11.9 Å². The van der Waals surface area contributed by atoms with E-state index in [0.29, 0.717) is 105 Å². The number of pyridine rings is 1. The third-order valence-corrected chi connectivity index (χ3v) is 21.4. The van der Waals surface area contributed by atoms with Gasteiger partial charge in [-0.2, -0.15) is 0 Å². The topological polar surface area (TPSA) is 348 Å². The summed E-state index contributed by atoms with van der Waals surface area (Å²) in [6.07, 6.45) is 0.604. The number of aliphatic hydroxyl groups is 1. The molecule has 4 atom stereocenters. The molecule has 0 radical (unpaired) electrons. The number of carbonyl (C=O) groups is 8. The van der Waals surface area contributed by atoms with E-state index in [-0.39, 0.29) is 85.9 Å². The number of carbonyl (C=O) groups excluding carboxylic acids is 6. The number of hydrogen-bond donors (Lipinski definition) is 7. The second-order valence-corrected chi connectivity index (χ2v) is 28.0. The second kappa shape index (κ2) is 29.5. The number of benzene rings is 1. The van der Waals surface area contributed by atoms with Crippen molar-refractivity contribution in [3.63, 3.8) is 0 Å². The van der Waals surface area contributed by atoms with E-state index in [9.17, 15) is 53.7 Å². The number of rotatable bonds is 16. The zero-order chi connectivity index (χ0) is 64.6. The average Bonchev–Trinajstić information content (AvgIpc) is 1.75. The molecule has 476 valence electrons. The fourth-order valence-electron chi connectivity index (χ4n) is 10.7. The lowest BCUT2D eigenvalue weighted by molar-refractivity contribution is -0.143. The van der Waals surface area contributed by atoms with Gasteiger partial charge in [0.1, 0.15) is 77.2 Å². The predicted molar refractivity (Wildman–Crippen MR) is 345 cm³/mol. The standard InChI is InChI=1S/C61H64N12O12S6/c1-29(2)35-21-41(74)48-30(3)90-59(71-48)37(22-44(75)62-4)65-53(81)39-26-86-55(67-39)34-17-18-36(57-69-43(28-89-57)73(19-9-12-47(78)79)46(77)20-31-13-15-33(16-14-31)61(83)84)64-49(34)38-25-87-58(66-38)40-27-88-60(68-40)51(52(80)32-10-7-6-8-11-32)70-45(76)23-63-54(82)50-42(24-85-5)91-56(35)72-50/h6-8,10-11,17-18,25-29,31,33,35,37,51-52,80H,9,12-16,19-24H2,1-5H3,(H,62,75)(H,63,82)(H,65,81)(H,70,76)(H,78,79)(H,83,84)/t31?,33?,35?,37-,51-,52-/m0/s1. The summed E-state index contributed by atoms with van der Waals surface area (Å²) in [6.45, 7) is 5.19. The van der Waals surface area contributed by atoms with Crippen molar-refractivity contribution < 1.29 is 58.4 Å². The first-order chi connectivity index (χ1) is 43.7. The van der Waals surface area contributed by atoms with Crippen LogP contribution < -0.4 is 26.2 Å². The van der Waals surface area contributed by atoms with Crippen molar-refractivity contribution in [1.29, 1.82) is 0 Å². The van der Waals surface area contributed by atoms with Crippen LogP contribution in [0.2, 0.25) is 0 Å². The summed E-state index contributed by atoms with van der Waals surface area (Å²) in [7, 11) is 2.95. The van der Waals surface area contributed by atoms with Crippen LogP contribution in [0.5, 0.6) is 0 Å². The molecule has 8 aromatic rings. The number of anilines is 1. The van der Waals surface area contributed by atoms with Crippen molar-refractivity contribution in [2.45, 2.75) is 109 Å².